The maximum Gasteiger partial charge on any atom is 0.252 e. The number of hydrogen-bond donors (Lipinski definition) is 0. The third-order valence-electron chi connectivity index (χ3n) is 9.30. The molecule has 0 bridgehead atoms. The van der Waals surface area contributed by atoms with Crippen LogP contribution in [0.15, 0.2) is 59.1 Å². The topological polar surface area (TPSA) is 89.5 Å². The van der Waals surface area contributed by atoms with Gasteiger partial charge in [-0.2, -0.15) is 0 Å². The van der Waals surface area contributed by atoms with Crippen molar-refractivity contribution in [3.63, 3.8) is 0 Å². The van der Waals surface area contributed by atoms with Crippen LogP contribution in [0.25, 0.3) is 0 Å². The molecule has 228 valence electrons. The molecule has 43 heavy (non-hydrogen) atoms. The molecule has 4 unspecified atom stereocenters. The third-order valence-corrected chi connectivity index (χ3v) is 9.30. The van der Waals surface area contributed by atoms with Crippen LogP contribution in [-0.2, 0) is 19.1 Å². The molecule has 2 aliphatic carbocycles. The summed E-state index contributed by atoms with van der Waals surface area (Å²) in [6.45, 7) is 4.15. The predicted octanol–water partition coefficient (Wildman–Crippen LogP) is 6.63. The van der Waals surface area contributed by atoms with Gasteiger partial charge >= 0.3 is 0 Å². The highest BCUT2D eigenvalue weighted by Crippen LogP contribution is 2.56. The lowest BCUT2D eigenvalue weighted by Gasteiger charge is -2.50. The van der Waals surface area contributed by atoms with Crippen molar-refractivity contribution in [2.45, 2.75) is 70.0 Å². The first kappa shape index (κ1) is 29.1. The lowest BCUT2D eigenvalue weighted by Crippen LogP contribution is -2.48. The number of hydrogen-bond acceptors (Lipinski definition) is 8. The van der Waals surface area contributed by atoms with Crippen LogP contribution in [0.1, 0.15) is 75.3 Å². The first-order chi connectivity index (χ1) is 20.7. The summed E-state index contributed by atoms with van der Waals surface area (Å²) in [5, 5.41) is 0. The van der Waals surface area contributed by atoms with Crippen LogP contribution in [0, 0.1) is 11.8 Å². The SMILES string of the molecule is COc1ccc(C2CC3(CC(c4ccc(OC)c(OC)c4)C4=C(CC(C)CC4=O)O3)OC3=C2C(=O)CC(C)C3)cc1OC. The van der Waals surface area contributed by atoms with Gasteiger partial charge < -0.3 is 28.4 Å². The molecule has 0 aromatic heterocycles. The van der Waals surface area contributed by atoms with Gasteiger partial charge in [0.25, 0.3) is 5.79 Å². The van der Waals surface area contributed by atoms with E-state index in [1.807, 2.05) is 36.4 Å². The van der Waals surface area contributed by atoms with Crippen molar-refractivity contribution in [1.82, 2.24) is 0 Å². The highest BCUT2D eigenvalue weighted by atomic mass is 16.7. The Bertz CT molecular complexity index is 1400. The molecule has 1 spiro atoms. The number of allylic oxidation sites excluding steroid dienone is 4. The molecular weight excluding hydrogens is 548 g/mol. The van der Waals surface area contributed by atoms with Crippen molar-refractivity contribution in [2.75, 3.05) is 28.4 Å². The average Bonchev–Trinajstić information content (AvgIpc) is 2.98. The van der Waals surface area contributed by atoms with E-state index in [2.05, 4.69) is 13.8 Å². The molecule has 0 amide bonds. The highest BCUT2D eigenvalue weighted by Gasteiger charge is 2.54. The van der Waals surface area contributed by atoms with E-state index >= 15 is 0 Å². The van der Waals surface area contributed by atoms with Gasteiger partial charge in [-0.3, -0.25) is 9.59 Å². The molecule has 4 aliphatic rings. The fraction of sp³-hybridized carbons (Fsp3) is 0.486. The van der Waals surface area contributed by atoms with Crippen molar-refractivity contribution in [1.29, 1.82) is 0 Å². The zero-order valence-electron chi connectivity index (χ0n) is 25.8. The van der Waals surface area contributed by atoms with Gasteiger partial charge in [0.05, 0.1) is 28.4 Å². The summed E-state index contributed by atoms with van der Waals surface area (Å²) in [6.07, 6.45) is 3.11. The smallest absolute Gasteiger partial charge is 0.252 e. The Balaban J connectivity index is 1.49. The molecule has 0 fully saturated rings. The Kier molecular flexibility index (Phi) is 7.65. The fourth-order valence-electron chi connectivity index (χ4n) is 7.39. The van der Waals surface area contributed by atoms with Crippen LogP contribution in [0.2, 0.25) is 0 Å². The molecule has 8 nitrogen and oxygen atoms in total. The van der Waals surface area contributed by atoms with Crippen LogP contribution in [0.3, 0.4) is 0 Å². The average molecular weight is 589 g/mol. The lowest BCUT2D eigenvalue weighted by molar-refractivity contribution is -0.226. The van der Waals surface area contributed by atoms with Crippen LogP contribution in [0.4, 0.5) is 0 Å². The van der Waals surface area contributed by atoms with Crippen molar-refractivity contribution < 1.29 is 38.0 Å². The summed E-state index contributed by atoms with van der Waals surface area (Å²) in [5.41, 5.74) is 3.31. The quantitative estimate of drug-likeness (QED) is 0.372. The van der Waals surface area contributed by atoms with E-state index in [1.165, 1.54) is 0 Å². The van der Waals surface area contributed by atoms with E-state index < -0.39 is 5.79 Å². The molecule has 2 aromatic carbocycles. The second-order valence-corrected chi connectivity index (χ2v) is 12.4. The van der Waals surface area contributed by atoms with E-state index in [1.54, 1.807) is 28.4 Å². The second-order valence-electron chi connectivity index (χ2n) is 12.4. The summed E-state index contributed by atoms with van der Waals surface area (Å²) < 4.78 is 36.0. The van der Waals surface area contributed by atoms with Gasteiger partial charge in [-0.05, 0) is 47.2 Å². The van der Waals surface area contributed by atoms with Crippen molar-refractivity contribution in [2.24, 2.45) is 11.8 Å². The van der Waals surface area contributed by atoms with Gasteiger partial charge in [-0.25, -0.2) is 0 Å². The zero-order chi connectivity index (χ0) is 30.5. The molecule has 2 heterocycles. The molecule has 2 aromatic rings. The highest BCUT2D eigenvalue weighted by molar-refractivity contribution is 5.99. The standard InChI is InChI=1S/C35H40O8/c1-19-11-25(36)33-23(21-7-9-27(38-3)29(15-21)40-5)17-35(42-31(33)13-19)18-24(22-8-10-28(39-4)30(16-22)41-6)34-26(37)12-20(2)14-32(34)43-35/h7-10,15-16,19-20,23-24H,11-14,17-18H2,1-6H3. The first-order valence-corrected chi connectivity index (χ1v) is 15.0. The van der Waals surface area contributed by atoms with Crippen molar-refractivity contribution in [3.8, 4) is 23.0 Å². The largest absolute Gasteiger partial charge is 0.493 e. The monoisotopic (exact) mass is 588 g/mol. The van der Waals surface area contributed by atoms with Gasteiger partial charge in [0.2, 0.25) is 0 Å². The van der Waals surface area contributed by atoms with Gasteiger partial charge in [0.1, 0.15) is 11.5 Å². The van der Waals surface area contributed by atoms with Gasteiger partial charge in [0.15, 0.2) is 34.6 Å². The maximum absolute atomic E-state index is 13.6. The van der Waals surface area contributed by atoms with Crippen LogP contribution in [-0.4, -0.2) is 45.8 Å². The minimum Gasteiger partial charge on any atom is -0.493 e. The van der Waals surface area contributed by atoms with E-state index in [9.17, 15) is 9.59 Å². The number of benzene rings is 2. The molecule has 0 saturated heterocycles. The Labute approximate surface area is 252 Å². The lowest BCUT2D eigenvalue weighted by atomic mass is 9.70. The van der Waals surface area contributed by atoms with Gasteiger partial charge in [-0.1, -0.05) is 26.0 Å². The van der Waals surface area contributed by atoms with Gasteiger partial charge in [-0.15, -0.1) is 0 Å². The Morgan fingerprint density at radius 1 is 0.605 bits per heavy atom. The van der Waals surface area contributed by atoms with E-state index in [0.717, 1.165) is 22.3 Å². The molecule has 8 heteroatoms. The zero-order valence-corrected chi connectivity index (χ0v) is 25.8. The van der Waals surface area contributed by atoms with Crippen molar-refractivity contribution in [3.05, 3.63) is 70.2 Å². The van der Waals surface area contributed by atoms with E-state index in [-0.39, 0.29) is 35.2 Å². The Morgan fingerprint density at radius 2 is 1.00 bits per heavy atom. The minimum atomic E-state index is -1.07. The van der Waals surface area contributed by atoms with E-state index in [4.69, 9.17) is 28.4 Å². The Hall–Kier alpha value is -3.94. The number of ketones is 2. The molecule has 6 rings (SSSR count). The number of Topliss-reactive ketones (excluding diaryl/α,β-unsaturated/α-hetero) is 2. The van der Waals surface area contributed by atoms with E-state index in [0.29, 0.717) is 73.0 Å². The molecule has 0 radical (unpaired) electrons. The Morgan fingerprint density at radius 3 is 1.37 bits per heavy atom. The summed E-state index contributed by atoms with van der Waals surface area (Å²) >= 11 is 0. The first-order valence-electron chi connectivity index (χ1n) is 15.0. The summed E-state index contributed by atoms with van der Waals surface area (Å²) in [6, 6.07) is 11.6. The molecule has 0 N–H and O–H groups in total. The number of ether oxygens (including phenoxy) is 6. The predicted molar refractivity (Wildman–Crippen MR) is 160 cm³/mol. The maximum atomic E-state index is 13.6. The summed E-state index contributed by atoms with van der Waals surface area (Å²) in [5.74, 6) is 2.76. The van der Waals surface area contributed by atoms with Crippen LogP contribution < -0.4 is 18.9 Å². The van der Waals surface area contributed by atoms with Crippen LogP contribution >= 0.6 is 0 Å². The molecule has 0 saturated carbocycles. The second kappa shape index (κ2) is 11.3. The normalized spacial score (nSPS) is 28.5. The van der Waals surface area contributed by atoms with Gasteiger partial charge in [0, 0.05) is 61.5 Å². The summed E-state index contributed by atoms with van der Waals surface area (Å²) in [7, 11) is 6.43. The fourth-order valence-corrected chi connectivity index (χ4v) is 7.39. The number of methoxy groups -OCH3 is 4. The molecule has 2 aliphatic heterocycles. The minimum absolute atomic E-state index is 0.108. The number of carbonyl (C=O) groups is 2. The van der Waals surface area contributed by atoms with Crippen molar-refractivity contribution >= 4 is 11.6 Å². The number of carbonyl (C=O) groups excluding carboxylic acids is 2. The van der Waals surface area contributed by atoms with Crippen LogP contribution in [0.5, 0.6) is 23.0 Å². The molecule has 4 atom stereocenters. The third kappa shape index (κ3) is 5.15. The summed E-state index contributed by atoms with van der Waals surface area (Å²) in [4.78, 5) is 27.2. The molecular formula is C35H40O8. The number of rotatable bonds is 6.